The number of halogens is 2. The van der Waals surface area contributed by atoms with E-state index in [1.54, 1.807) is 18.3 Å². The van der Waals surface area contributed by atoms with Crippen LogP contribution in [-0.2, 0) is 0 Å². The second-order valence-corrected chi connectivity index (χ2v) is 4.75. The summed E-state index contributed by atoms with van der Waals surface area (Å²) < 4.78 is 5.58. The standard InChI is InChI=1S/C13H19N3O2.2ClH/c1-9(2)18-11-4-3-5-15-12(11)13(17)16-8-10-6-14-7-10;;/h3-5,9-10,14H,6-8H2,1-2H3,(H,16,17);2*1H. The van der Waals surface area contributed by atoms with Crippen LogP contribution in [0.3, 0.4) is 0 Å². The summed E-state index contributed by atoms with van der Waals surface area (Å²) in [6, 6.07) is 3.54. The van der Waals surface area contributed by atoms with E-state index in [1.807, 2.05) is 13.8 Å². The predicted octanol–water partition coefficient (Wildman–Crippen LogP) is 1.66. The van der Waals surface area contributed by atoms with Gasteiger partial charge in [0.05, 0.1) is 6.10 Å². The Balaban J connectivity index is 0.00000180. The molecule has 0 bridgehead atoms. The van der Waals surface area contributed by atoms with Crippen molar-refractivity contribution in [2.45, 2.75) is 20.0 Å². The first kappa shape index (κ1) is 19.0. The van der Waals surface area contributed by atoms with Crippen LogP contribution < -0.4 is 15.4 Å². The van der Waals surface area contributed by atoms with Crippen LogP contribution in [0.1, 0.15) is 24.3 Å². The molecular formula is C13H21Cl2N3O2. The Kier molecular flexibility index (Phi) is 8.53. The lowest BCUT2D eigenvalue weighted by molar-refractivity contribution is 0.0930. The van der Waals surface area contributed by atoms with Gasteiger partial charge in [-0.2, -0.15) is 0 Å². The molecule has 20 heavy (non-hydrogen) atoms. The molecule has 1 aromatic rings. The first-order valence-corrected chi connectivity index (χ1v) is 6.27. The highest BCUT2D eigenvalue weighted by Gasteiger charge is 2.20. The third-order valence-electron chi connectivity index (χ3n) is 2.77. The van der Waals surface area contributed by atoms with Gasteiger partial charge in [0.15, 0.2) is 11.4 Å². The van der Waals surface area contributed by atoms with Gasteiger partial charge in [-0.15, -0.1) is 24.8 Å². The number of hydrogen-bond donors (Lipinski definition) is 2. The molecular weight excluding hydrogens is 301 g/mol. The number of rotatable bonds is 5. The van der Waals surface area contributed by atoms with E-state index in [2.05, 4.69) is 15.6 Å². The van der Waals surface area contributed by atoms with Crippen molar-refractivity contribution in [3.63, 3.8) is 0 Å². The van der Waals surface area contributed by atoms with Gasteiger partial charge >= 0.3 is 0 Å². The van der Waals surface area contributed by atoms with E-state index >= 15 is 0 Å². The fourth-order valence-electron chi connectivity index (χ4n) is 1.72. The highest BCUT2D eigenvalue weighted by molar-refractivity contribution is 5.94. The van der Waals surface area contributed by atoms with Crippen LogP contribution >= 0.6 is 24.8 Å². The average Bonchev–Trinajstić information content (AvgIpc) is 2.26. The lowest BCUT2D eigenvalue weighted by atomic mass is 10.0. The van der Waals surface area contributed by atoms with Crippen LogP contribution in [0, 0.1) is 5.92 Å². The maximum atomic E-state index is 12.0. The van der Waals surface area contributed by atoms with E-state index in [4.69, 9.17) is 4.74 Å². The summed E-state index contributed by atoms with van der Waals surface area (Å²) >= 11 is 0. The zero-order valence-corrected chi connectivity index (χ0v) is 13.2. The molecule has 7 heteroatoms. The molecule has 1 fully saturated rings. The number of carbonyl (C=O) groups is 1. The van der Waals surface area contributed by atoms with Gasteiger partial charge in [0.25, 0.3) is 5.91 Å². The van der Waals surface area contributed by atoms with Crippen molar-refractivity contribution >= 4 is 30.7 Å². The van der Waals surface area contributed by atoms with E-state index in [0.717, 1.165) is 13.1 Å². The van der Waals surface area contributed by atoms with Gasteiger partial charge in [-0.3, -0.25) is 4.79 Å². The topological polar surface area (TPSA) is 63.2 Å². The lowest BCUT2D eigenvalue weighted by Crippen LogP contribution is -2.48. The molecule has 2 heterocycles. The molecule has 1 aliphatic heterocycles. The smallest absolute Gasteiger partial charge is 0.273 e. The van der Waals surface area contributed by atoms with Gasteiger partial charge in [0.2, 0.25) is 0 Å². The van der Waals surface area contributed by atoms with E-state index in [9.17, 15) is 4.79 Å². The monoisotopic (exact) mass is 321 g/mol. The van der Waals surface area contributed by atoms with Gasteiger partial charge in [0, 0.05) is 31.7 Å². The van der Waals surface area contributed by atoms with Crippen molar-refractivity contribution in [1.82, 2.24) is 15.6 Å². The van der Waals surface area contributed by atoms with Crippen LogP contribution in [0.25, 0.3) is 0 Å². The third kappa shape index (κ3) is 5.15. The minimum atomic E-state index is -0.168. The molecule has 0 spiro atoms. The third-order valence-corrected chi connectivity index (χ3v) is 2.77. The van der Waals surface area contributed by atoms with E-state index in [1.165, 1.54) is 0 Å². The molecule has 1 aliphatic rings. The largest absolute Gasteiger partial charge is 0.489 e. The van der Waals surface area contributed by atoms with E-state index < -0.39 is 0 Å². The zero-order chi connectivity index (χ0) is 13.0. The second-order valence-electron chi connectivity index (χ2n) is 4.75. The van der Waals surface area contributed by atoms with E-state index in [-0.39, 0.29) is 36.8 Å². The Morgan fingerprint density at radius 2 is 2.20 bits per heavy atom. The van der Waals surface area contributed by atoms with Crippen molar-refractivity contribution in [3.05, 3.63) is 24.0 Å². The fourth-order valence-corrected chi connectivity index (χ4v) is 1.72. The molecule has 5 nitrogen and oxygen atoms in total. The van der Waals surface area contributed by atoms with Crippen LogP contribution in [0.5, 0.6) is 5.75 Å². The summed E-state index contributed by atoms with van der Waals surface area (Å²) in [6.07, 6.45) is 1.63. The maximum absolute atomic E-state index is 12.0. The highest BCUT2D eigenvalue weighted by Crippen LogP contribution is 2.16. The summed E-state index contributed by atoms with van der Waals surface area (Å²) in [7, 11) is 0. The summed E-state index contributed by atoms with van der Waals surface area (Å²) in [5, 5.41) is 6.06. The summed E-state index contributed by atoms with van der Waals surface area (Å²) in [4.78, 5) is 16.1. The van der Waals surface area contributed by atoms with E-state index in [0.29, 0.717) is 23.9 Å². The number of nitrogens with zero attached hydrogens (tertiary/aromatic N) is 1. The number of aromatic nitrogens is 1. The number of hydrogen-bond acceptors (Lipinski definition) is 4. The Morgan fingerprint density at radius 1 is 1.50 bits per heavy atom. The Hall–Kier alpha value is -1.04. The van der Waals surface area contributed by atoms with Gasteiger partial charge in [-0.05, 0) is 26.0 Å². The average molecular weight is 322 g/mol. The van der Waals surface area contributed by atoms with Crippen LogP contribution in [-0.4, -0.2) is 36.6 Å². The SMILES string of the molecule is CC(C)Oc1cccnc1C(=O)NCC1CNC1.Cl.Cl. The molecule has 1 amide bonds. The molecule has 114 valence electrons. The first-order valence-electron chi connectivity index (χ1n) is 6.27. The zero-order valence-electron chi connectivity index (χ0n) is 11.6. The van der Waals surface area contributed by atoms with Crippen molar-refractivity contribution in [3.8, 4) is 5.75 Å². The highest BCUT2D eigenvalue weighted by atomic mass is 35.5. The second kappa shape index (κ2) is 9.00. The van der Waals surface area contributed by atoms with Crippen LogP contribution in [0.15, 0.2) is 18.3 Å². The Labute approximate surface area is 131 Å². The number of carbonyl (C=O) groups excluding carboxylic acids is 1. The molecule has 0 radical (unpaired) electrons. The number of ether oxygens (including phenoxy) is 1. The Bertz CT molecular complexity index is 426. The summed E-state index contributed by atoms with van der Waals surface area (Å²) in [5.74, 6) is 0.905. The molecule has 0 atom stereocenters. The molecule has 1 aromatic heterocycles. The molecule has 0 aromatic carbocycles. The molecule has 2 rings (SSSR count). The lowest BCUT2D eigenvalue weighted by Gasteiger charge is -2.27. The van der Waals surface area contributed by atoms with Crippen LogP contribution in [0.4, 0.5) is 0 Å². The normalized spacial score (nSPS) is 13.8. The molecule has 2 N–H and O–H groups in total. The molecule has 0 saturated carbocycles. The van der Waals surface area contributed by atoms with Crippen molar-refractivity contribution in [2.24, 2.45) is 5.92 Å². The molecule has 1 saturated heterocycles. The molecule has 0 aliphatic carbocycles. The van der Waals surface area contributed by atoms with Gasteiger partial charge in [-0.25, -0.2) is 4.98 Å². The quantitative estimate of drug-likeness (QED) is 0.865. The van der Waals surface area contributed by atoms with Crippen molar-refractivity contribution in [1.29, 1.82) is 0 Å². The summed E-state index contributed by atoms with van der Waals surface area (Å²) in [6.45, 7) is 6.47. The number of amides is 1. The summed E-state index contributed by atoms with van der Waals surface area (Å²) in [5.41, 5.74) is 0.360. The van der Waals surface area contributed by atoms with Gasteiger partial charge in [-0.1, -0.05) is 0 Å². The van der Waals surface area contributed by atoms with Gasteiger partial charge < -0.3 is 15.4 Å². The minimum absolute atomic E-state index is 0. The first-order chi connectivity index (χ1) is 8.66. The predicted molar refractivity (Wildman–Crippen MR) is 83.2 cm³/mol. The number of nitrogens with one attached hydrogen (secondary N) is 2. The number of pyridine rings is 1. The van der Waals surface area contributed by atoms with Crippen molar-refractivity contribution in [2.75, 3.05) is 19.6 Å². The minimum Gasteiger partial charge on any atom is -0.489 e. The molecule has 0 unspecified atom stereocenters. The van der Waals surface area contributed by atoms with Crippen molar-refractivity contribution < 1.29 is 9.53 Å². The fraction of sp³-hybridized carbons (Fsp3) is 0.538. The van der Waals surface area contributed by atoms with Crippen LogP contribution in [0.2, 0.25) is 0 Å². The Morgan fingerprint density at radius 3 is 2.75 bits per heavy atom. The van der Waals surface area contributed by atoms with Gasteiger partial charge in [0.1, 0.15) is 0 Å². The maximum Gasteiger partial charge on any atom is 0.273 e.